The number of furan rings is 1. The molecule has 2 N–H and O–H groups in total. The molecule has 0 saturated heterocycles. The van der Waals surface area contributed by atoms with Gasteiger partial charge in [0.2, 0.25) is 5.22 Å². The van der Waals surface area contributed by atoms with E-state index in [4.69, 9.17) is 21.1 Å². The molecule has 20 heavy (non-hydrogen) atoms. The third-order valence-corrected chi connectivity index (χ3v) is 3.05. The third kappa shape index (κ3) is 3.39. The van der Waals surface area contributed by atoms with Crippen LogP contribution in [0.2, 0.25) is 5.22 Å². The van der Waals surface area contributed by atoms with Crippen LogP contribution in [0.25, 0.3) is 0 Å². The minimum atomic E-state index is -0.915. The first kappa shape index (κ1) is 14.1. The summed E-state index contributed by atoms with van der Waals surface area (Å²) in [6.45, 7) is 0.226. The number of aliphatic carboxylic acids is 1. The fourth-order valence-electron chi connectivity index (χ4n) is 1.79. The molecule has 2 rings (SSSR count). The van der Waals surface area contributed by atoms with Crippen molar-refractivity contribution in [3.05, 3.63) is 58.5 Å². The van der Waals surface area contributed by atoms with E-state index < -0.39 is 5.97 Å². The summed E-state index contributed by atoms with van der Waals surface area (Å²) in [7, 11) is 0. The van der Waals surface area contributed by atoms with Crippen molar-refractivity contribution in [2.75, 3.05) is 0 Å². The molecule has 0 saturated carbocycles. The third-order valence-electron chi connectivity index (χ3n) is 2.76. The van der Waals surface area contributed by atoms with E-state index in [1.165, 1.54) is 12.3 Å². The summed E-state index contributed by atoms with van der Waals surface area (Å²) in [5.41, 5.74) is 1.67. The van der Waals surface area contributed by atoms with Crippen LogP contribution < -0.4 is 5.32 Å². The van der Waals surface area contributed by atoms with E-state index in [0.717, 1.165) is 5.56 Å². The van der Waals surface area contributed by atoms with Gasteiger partial charge in [-0.05, 0) is 28.8 Å². The Morgan fingerprint density at radius 3 is 2.50 bits per heavy atom. The van der Waals surface area contributed by atoms with Gasteiger partial charge in [-0.3, -0.25) is 9.59 Å². The molecule has 0 radical (unpaired) electrons. The van der Waals surface area contributed by atoms with Gasteiger partial charge in [0.25, 0.3) is 5.91 Å². The molecule has 1 aromatic carbocycles. The lowest BCUT2D eigenvalue weighted by Crippen LogP contribution is -2.23. The van der Waals surface area contributed by atoms with Crippen LogP contribution >= 0.6 is 11.6 Å². The number of carboxylic acid groups (broad SMARTS) is 1. The van der Waals surface area contributed by atoms with Gasteiger partial charge in [-0.25, -0.2) is 0 Å². The summed E-state index contributed by atoms with van der Waals surface area (Å²) in [6.07, 6.45) is 1.24. The summed E-state index contributed by atoms with van der Waals surface area (Å²) in [5, 5.41) is 11.5. The predicted octanol–water partition coefficient (Wildman–Crippen LogP) is 2.49. The van der Waals surface area contributed by atoms with Gasteiger partial charge in [-0.1, -0.05) is 24.3 Å². The molecule has 0 aliphatic rings. The van der Waals surface area contributed by atoms with Crippen LogP contribution in [0.4, 0.5) is 0 Å². The Balaban J connectivity index is 2.06. The van der Waals surface area contributed by atoms with Gasteiger partial charge < -0.3 is 14.8 Å². The highest BCUT2D eigenvalue weighted by Gasteiger charge is 2.13. The van der Waals surface area contributed by atoms with E-state index in [-0.39, 0.29) is 29.7 Å². The average molecular weight is 294 g/mol. The molecule has 1 heterocycles. The molecular weight excluding hydrogens is 282 g/mol. The number of amides is 1. The molecule has 0 aliphatic carbocycles. The first-order valence-electron chi connectivity index (χ1n) is 5.87. The normalized spacial score (nSPS) is 10.2. The highest BCUT2D eigenvalue weighted by atomic mass is 35.5. The van der Waals surface area contributed by atoms with E-state index in [0.29, 0.717) is 5.56 Å². The fourth-order valence-corrected chi connectivity index (χ4v) is 1.99. The van der Waals surface area contributed by atoms with Crippen LogP contribution in [-0.4, -0.2) is 17.0 Å². The number of benzene rings is 1. The SMILES string of the molecule is O=C(O)Cc1ccccc1CNC(=O)c1ccoc1Cl. The molecule has 0 fully saturated rings. The van der Waals surface area contributed by atoms with Crippen molar-refractivity contribution in [2.24, 2.45) is 0 Å². The Morgan fingerprint density at radius 2 is 1.90 bits per heavy atom. The topological polar surface area (TPSA) is 79.5 Å². The lowest BCUT2D eigenvalue weighted by atomic mass is 10.0. The molecule has 104 valence electrons. The zero-order chi connectivity index (χ0) is 14.5. The molecule has 6 heteroatoms. The van der Waals surface area contributed by atoms with Gasteiger partial charge in [-0.15, -0.1) is 0 Å². The number of hydrogen-bond acceptors (Lipinski definition) is 3. The van der Waals surface area contributed by atoms with Crippen molar-refractivity contribution in [3.8, 4) is 0 Å². The number of carbonyl (C=O) groups is 2. The van der Waals surface area contributed by atoms with E-state index in [9.17, 15) is 9.59 Å². The van der Waals surface area contributed by atoms with Crippen molar-refractivity contribution >= 4 is 23.5 Å². The summed E-state index contributed by atoms with van der Waals surface area (Å²) in [6, 6.07) is 8.52. The Hall–Kier alpha value is -2.27. The van der Waals surface area contributed by atoms with Crippen LogP contribution in [0.5, 0.6) is 0 Å². The number of hydrogen-bond donors (Lipinski definition) is 2. The molecule has 0 aliphatic heterocycles. The standard InChI is InChI=1S/C14H12ClNO4/c15-13-11(5-6-20-13)14(19)16-8-10-4-2-1-3-9(10)7-12(17)18/h1-6H,7-8H2,(H,16,19)(H,17,18). The fraction of sp³-hybridized carbons (Fsp3) is 0.143. The lowest BCUT2D eigenvalue weighted by molar-refractivity contribution is -0.136. The molecule has 0 unspecified atom stereocenters. The smallest absolute Gasteiger partial charge is 0.307 e. The molecule has 1 aromatic heterocycles. The summed E-state index contributed by atoms with van der Waals surface area (Å²) in [4.78, 5) is 22.6. The Morgan fingerprint density at radius 1 is 1.20 bits per heavy atom. The largest absolute Gasteiger partial charge is 0.481 e. The highest BCUT2D eigenvalue weighted by molar-refractivity contribution is 6.32. The number of carbonyl (C=O) groups excluding carboxylic acids is 1. The maximum atomic E-state index is 11.9. The van der Waals surface area contributed by atoms with Crippen LogP contribution in [0.3, 0.4) is 0 Å². The molecule has 0 bridgehead atoms. The number of halogens is 1. The van der Waals surface area contributed by atoms with Crippen molar-refractivity contribution in [1.82, 2.24) is 5.32 Å². The summed E-state index contributed by atoms with van der Waals surface area (Å²) < 4.78 is 4.84. The van der Waals surface area contributed by atoms with Crippen LogP contribution in [0.15, 0.2) is 41.0 Å². The molecule has 0 atom stereocenters. The maximum Gasteiger partial charge on any atom is 0.307 e. The van der Waals surface area contributed by atoms with E-state index in [1.807, 2.05) is 0 Å². The van der Waals surface area contributed by atoms with E-state index in [2.05, 4.69) is 5.32 Å². The van der Waals surface area contributed by atoms with E-state index >= 15 is 0 Å². The van der Waals surface area contributed by atoms with Gasteiger partial charge in [-0.2, -0.15) is 0 Å². The van der Waals surface area contributed by atoms with Crippen molar-refractivity contribution in [3.63, 3.8) is 0 Å². The summed E-state index contributed by atoms with van der Waals surface area (Å²) >= 11 is 5.71. The predicted molar refractivity (Wildman–Crippen MR) is 72.7 cm³/mol. The minimum absolute atomic E-state index is 0.0290. The van der Waals surface area contributed by atoms with Crippen molar-refractivity contribution < 1.29 is 19.1 Å². The Labute approximate surface area is 120 Å². The van der Waals surface area contributed by atoms with Crippen LogP contribution in [0, 0.1) is 0 Å². The van der Waals surface area contributed by atoms with Gasteiger partial charge in [0.15, 0.2) is 0 Å². The zero-order valence-corrected chi connectivity index (χ0v) is 11.2. The number of carboxylic acids is 1. The zero-order valence-electron chi connectivity index (χ0n) is 10.4. The van der Waals surface area contributed by atoms with Gasteiger partial charge in [0.1, 0.15) is 0 Å². The first-order chi connectivity index (χ1) is 9.58. The van der Waals surface area contributed by atoms with Crippen LogP contribution in [-0.2, 0) is 17.8 Å². The minimum Gasteiger partial charge on any atom is -0.481 e. The second kappa shape index (κ2) is 6.25. The second-order valence-electron chi connectivity index (χ2n) is 4.13. The van der Waals surface area contributed by atoms with Gasteiger partial charge in [0, 0.05) is 6.54 Å². The number of nitrogens with one attached hydrogen (secondary N) is 1. The first-order valence-corrected chi connectivity index (χ1v) is 6.25. The maximum absolute atomic E-state index is 11.9. The Kier molecular flexibility index (Phi) is 4.42. The van der Waals surface area contributed by atoms with Gasteiger partial charge in [0.05, 0.1) is 18.2 Å². The molecule has 1 amide bonds. The quantitative estimate of drug-likeness (QED) is 0.887. The molecule has 5 nitrogen and oxygen atoms in total. The van der Waals surface area contributed by atoms with Crippen molar-refractivity contribution in [1.29, 1.82) is 0 Å². The highest BCUT2D eigenvalue weighted by Crippen LogP contribution is 2.16. The van der Waals surface area contributed by atoms with E-state index in [1.54, 1.807) is 24.3 Å². The average Bonchev–Trinajstić information content (AvgIpc) is 2.83. The molecule has 0 spiro atoms. The van der Waals surface area contributed by atoms with Crippen LogP contribution in [0.1, 0.15) is 21.5 Å². The Bertz CT molecular complexity index is 636. The lowest BCUT2D eigenvalue weighted by Gasteiger charge is -2.08. The molecular formula is C14H12ClNO4. The van der Waals surface area contributed by atoms with Crippen molar-refractivity contribution in [2.45, 2.75) is 13.0 Å². The second-order valence-corrected chi connectivity index (χ2v) is 4.47. The van der Waals surface area contributed by atoms with Gasteiger partial charge >= 0.3 is 5.97 Å². The monoisotopic (exact) mass is 293 g/mol. The summed E-state index contributed by atoms with van der Waals surface area (Å²) in [5.74, 6) is -1.28. The number of rotatable bonds is 5. The molecule has 2 aromatic rings.